The summed E-state index contributed by atoms with van der Waals surface area (Å²) in [5.41, 5.74) is 0.471. The van der Waals surface area contributed by atoms with Crippen molar-refractivity contribution in [2.45, 2.75) is 60.0 Å². The van der Waals surface area contributed by atoms with Gasteiger partial charge in [-0.05, 0) is 25.7 Å². The van der Waals surface area contributed by atoms with Crippen LogP contribution in [0.1, 0.15) is 48.0 Å². The number of carbonyl (C=O) groups excluding carboxylic acids is 3. The summed E-state index contributed by atoms with van der Waals surface area (Å²) in [7, 11) is 1.70. The molecule has 0 aromatic rings. The molecule has 6 heteroatoms. The Kier molecular flexibility index (Phi) is 10.0. The maximum atomic E-state index is 12.8. The summed E-state index contributed by atoms with van der Waals surface area (Å²) in [6, 6.07) is -0.836. The van der Waals surface area contributed by atoms with Crippen molar-refractivity contribution >= 4 is 18.3 Å². The average Bonchev–Trinajstić information content (AvgIpc) is 2.55. The van der Waals surface area contributed by atoms with Crippen LogP contribution in [0.2, 0.25) is 0 Å². The zero-order valence-electron chi connectivity index (χ0n) is 16.0. The Balaban J connectivity index is 5.43. The second kappa shape index (κ2) is 10.8. The van der Waals surface area contributed by atoms with Gasteiger partial charge in [0.05, 0.1) is 12.6 Å². The number of likely N-dealkylation sites (N-methyl/N-ethyl adjacent to an activating group) is 1. The highest BCUT2D eigenvalue weighted by atomic mass is 16.5. The van der Waals surface area contributed by atoms with E-state index in [1.807, 2.05) is 27.7 Å². The highest BCUT2D eigenvalue weighted by molar-refractivity contribution is 5.88. The molecule has 3 atom stereocenters. The van der Waals surface area contributed by atoms with Crippen molar-refractivity contribution in [2.24, 2.45) is 11.8 Å². The van der Waals surface area contributed by atoms with Crippen LogP contribution in [0, 0.1) is 11.8 Å². The predicted octanol–water partition coefficient (Wildman–Crippen LogP) is 2.14. The highest BCUT2D eigenvalue weighted by Crippen LogP contribution is 2.18. The minimum absolute atomic E-state index is 0.0214. The van der Waals surface area contributed by atoms with Crippen molar-refractivity contribution in [1.29, 1.82) is 0 Å². The van der Waals surface area contributed by atoms with Crippen LogP contribution in [-0.2, 0) is 19.1 Å². The van der Waals surface area contributed by atoms with Gasteiger partial charge in [-0.1, -0.05) is 40.2 Å². The van der Waals surface area contributed by atoms with Crippen LogP contribution in [-0.4, -0.2) is 48.9 Å². The number of hydrogen-bond acceptors (Lipinski definition) is 4. The third-order valence-corrected chi connectivity index (χ3v) is 4.22. The molecule has 0 aliphatic carbocycles. The topological polar surface area (TPSA) is 75.7 Å². The van der Waals surface area contributed by atoms with E-state index in [-0.39, 0.29) is 29.8 Å². The molecule has 0 bridgehead atoms. The largest absolute Gasteiger partial charge is 0.463 e. The van der Waals surface area contributed by atoms with Crippen molar-refractivity contribution < 1.29 is 19.1 Å². The molecule has 0 aliphatic heterocycles. The standard InChI is InChI=1S/C18H32N2O4/c1-8-13(5)16(19-11-21)17(22)20(7)15(12(3)4)10-14(6)18(23)24-9-2/h10-13,15-16H,8-9H2,1-7H3,(H,19,21)/t13-,15+,16-/m0/s1. The molecule has 0 fully saturated rings. The van der Waals surface area contributed by atoms with Gasteiger partial charge in [-0.2, -0.15) is 0 Å². The lowest BCUT2D eigenvalue weighted by Crippen LogP contribution is -2.52. The van der Waals surface area contributed by atoms with Crippen molar-refractivity contribution in [2.75, 3.05) is 13.7 Å². The Bertz CT molecular complexity index is 460. The van der Waals surface area contributed by atoms with E-state index >= 15 is 0 Å². The molecule has 1 N–H and O–H groups in total. The first-order valence-corrected chi connectivity index (χ1v) is 8.52. The SMILES string of the molecule is CCOC(=O)C(C)=C[C@H](C(C)C)N(C)C(=O)[C@@H](NC=O)[C@@H](C)CC. The van der Waals surface area contributed by atoms with Crippen LogP contribution >= 0.6 is 0 Å². The van der Waals surface area contributed by atoms with Gasteiger partial charge in [0.15, 0.2) is 0 Å². The monoisotopic (exact) mass is 340 g/mol. The van der Waals surface area contributed by atoms with Crippen LogP contribution < -0.4 is 5.32 Å². The van der Waals surface area contributed by atoms with E-state index < -0.39 is 6.04 Å². The van der Waals surface area contributed by atoms with Crippen molar-refractivity contribution in [3.8, 4) is 0 Å². The summed E-state index contributed by atoms with van der Waals surface area (Å²) in [5.74, 6) is -0.415. The van der Waals surface area contributed by atoms with Crippen molar-refractivity contribution in [3.63, 3.8) is 0 Å². The van der Waals surface area contributed by atoms with E-state index in [1.165, 1.54) is 0 Å². The van der Waals surface area contributed by atoms with Gasteiger partial charge in [-0.25, -0.2) is 4.79 Å². The second-order valence-electron chi connectivity index (χ2n) is 6.40. The maximum absolute atomic E-state index is 12.8. The molecule has 138 valence electrons. The van der Waals surface area contributed by atoms with Crippen molar-refractivity contribution in [3.05, 3.63) is 11.6 Å². The number of nitrogens with zero attached hydrogens (tertiary/aromatic N) is 1. The van der Waals surface area contributed by atoms with Gasteiger partial charge in [0.2, 0.25) is 12.3 Å². The lowest BCUT2D eigenvalue weighted by Gasteiger charge is -2.33. The number of ether oxygens (including phenoxy) is 1. The van der Waals surface area contributed by atoms with E-state index in [9.17, 15) is 14.4 Å². The summed E-state index contributed by atoms with van der Waals surface area (Å²) in [6.45, 7) is 11.6. The van der Waals surface area contributed by atoms with E-state index in [1.54, 1.807) is 31.9 Å². The number of nitrogens with one attached hydrogen (secondary N) is 1. The number of esters is 1. The van der Waals surface area contributed by atoms with Gasteiger partial charge < -0.3 is 15.0 Å². The predicted molar refractivity (Wildman–Crippen MR) is 94.2 cm³/mol. The smallest absolute Gasteiger partial charge is 0.333 e. The lowest BCUT2D eigenvalue weighted by atomic mass is 9.95. The van der Waals surface area contributed by atoms with Gasteiger partial charge in [-0.15, -0.1) is 0 Å². The number of rotatable bonds is 10. The molecule has 0 spiro atoms. The number of hydrogen-bond donors (Lipinski definition) is 1. The number of carbonyl (C=O) groups is 3. The van der Waals surface area contributed by atoms with Crippen LogP contribution in [0.15, 0.2) is 11.6 Å². The van der Waals surface area contributed by atoms with Crippen LogP contribution in [0.4, 0.5) is 0 Å². The molecule has 0 saturated heterocycles. The Morgan fingerprint density at radius 1 is 1.21 bits per heavy atom. The first-order valence-electron chi connectivity index (χ1n) is 8.52. The quantitative estimate of drug-likeness (QED) is 0.375. The molecule has 0 radical (unpaired) electrons. The van der Waals surface area contributed by atoms with E-state index in [2.05, 4.69) is 5.32 Å². The molecule has 6 nitrogen and oxygen atoms in total. The molecule has 0 aromatic heterocycles. The molecule has 0 aromatic carbocycles. The molecule has 0 unspecified atom stereocenters. The Labute approximate surface area is 145 Å². The average molecular weight is 340 g/mol. The number of amides is 2. The third kappa shape index (κ3) is 6.34. The summed E-state index contributed by atoms with van der Waals surface area (Å²) in [5, 5.41) is 2.62. The minimum Gasteiger partial charge on any atom is -0.463 e. The molecular formula is C18H32N2O4. The first kappa shape index (κ1) is 22.1. The van der Waals surface area contributed by atoms with E-state index in [4.69, 9.17) is 4.74 Å². The van der Waals surface area contributed by atoms with Gasteiger partial charge in [0.1, 0.15) is 6.04 Å². The molecule has 0 heterocycles. The van der Waals surface area contributed by atoms with Crippen LogP contribution in [0.25, 0.3) is 0 Å². The van der Waals surface area contributed by atoms with Gasteiger partial charge in [0.25, 0.3) is 0 Å². The molecule has 2 amide bonds. The van der Waals surface area contributed by atoms with Crippen LogP contribution in [0.3, 0.4) is 0 Å². The summed E-state index contributed by atoms with van der Waals surface area (Å²) in [4.78, 5) is 37.1. The molecule has 0 aliphatic rings. The molecule has 0 rings (SSSR count). The van der Waals surface area contributed by atoms with E-state index in [0.29, 0.717) is 18.6 Å². The third-order valence-electron chi connectivity index (χ3n) is 4.22. The normalized spacial score (nSPS) is 15.4. The maximum Gasteiger partial charge on any atom is 0.333 e. The van der Waals surface area contributed by atoms with Crippen LogP contribution in [0.5, 0.6) is 0 Å². The van der Waals surface area contributed by atoms with Gasteiger partial charge in [0, 0.05) is 12.6 Å². The van der Waals surface area contributed by atoms with Gasteiger partial charge >= 0.3 is 5.97 Å². The minimum atomic E-state index is -0.574. The highest BCUT2D eigenvalue weighted by Gasteiger charge is 2.30. The summed E-state index contributed by atoms with van der Waals surface area (Å²) < 4.78 is 5.00. The fourth-order valence-corrected chi connectivity index (χ4v) is 2.47. The Morgan fingerprint density at radius 3 is 2.21 bits per heavy atom. The Morgan fingerprint density at radius 2 is 1.79 bits per heavy atom. The van der Waals surface area contributed by atoms with E-state index in [0.717, 1.165) is 6.42 Å². The lowest BCUT2D eigenvalue weighted by molar-refractivity contribution is -0.139. The first-order chi connectivity index (χ1) is 11.2. The fraction of sp³-hybridized carbons (Fsp3) is 0.722. The Hall–Kier alpha value is -1.85. The fourth-order valence-electron chi connectivity index (χ4n) is 2.47. The van der Waals surface area contributed by atoms with Crippen molar-refractivity contribution in [1.82, 2.24) is 10.2 Å². The second-order valence-corrected chi connectivity index (χ2v) is 6.40. The molecular weight excluding hydrogens is 308 g/mol. The van der Waals surface area contributed by atoms with Gasteiger partial charge in [-0.3, -0.25) is 9.59 Å². The summed E-state index contributed by atoms with van der Waals surface area (Å²) in [6.07, 6.45) is 3.09. The molecule has 0 saturated carbocycles. The zero-order chi connectivity index (χ0) is 18.9. The molecule has 24 heavy (non-hydrogen) atoms. The zero-order valence-corrected chi connectivity index (χ0v) is 16.0. The summed E-state index contributed by atoms with van der Waals surface area (Å²) >= 11 is 0.